The number of hydrogen-bond donors (Lipinski definition) is 0. The van der Waals surface area contributed by atoms with Crippen LogP contribution < -0.4 is 4.74 Å². The van der Waals surface area contributed by atoms with Crippen LogP contribution in [-0.4, -0.2) is 20.9 Å². The van der Waals surface area contributed by atoms with Crippen molar-refractivity contribution in [2.75, 3.05) is 0 Å². The molecular formula is C8H5N3O3. The van der Waals surface area contributed by atoms with E-state index in [1.54, 1.807) is 0 Å². The van der Waals surface area contributed by atoms with Crippen molar-refractivity contribution in [2.24, 2.45) is 0 Å². The van der Waals surface area contributed by atoms with Crippen LogP contribution in [0.25, 0.3) is 0 Å². The van der Waals surface area contributed by atoms with Gasteiger partial charge < -0.3 is 9.15 Å². The summed E-state index contributed by atoms with van der Waals surface area (Å²) in [6, 6.07) is 0. The Morgan fingerprint density at radius 1 is 1.29 bits per heavy atom. The molecule has 0 N–H and O–H groups in total. The van der Waals surface area contributed by atoms with Crippen molar-refractivity contribution < 1.29 is 13.9 Å². The van der Waals surface area contributed by atoms with E-state index in [0.29, 0.717) is 0 Å². The summed E-state index contributed by atoms with van der Waals surface area (Å²) in [5.41, 5.74) is 0.103. The molecule has 2 aromatic rings. The van der Waals surface area contributed by atoms with Crippen molar-refractivity contribution in [2.45, 2.75) is 0 Å². The quantitative estimate of drug-likeness (QED) is 0.649. The molecule has 0 atom stereocenters. The number of aromatic nitrogens is 3. The normalized spacial score (nSPS) is 9.71. The molecule has 2 aromatic heterocycles. The number of ether oxygens (including phenoxy) is 1. The van der Waals surface area contributed by atoms with E-state index >= 15 is 0 Å². The second kappa shape index (κ2) is 3.65. The van der Waals surface area contributed by atoms with Crippen LogP contribution in [0.5, 0.6) is 6.08 Å². The molecule has 0 saturated heterocycles. The van der Waals surface area contributed by atoms with Crippen molar-refractivity contribution in [3.8, 4) is 6.08 Å². The molecule has 2 heterocycles. The van der Waals surface area contributed by atoms with Crippen LogP contribution in [0.2, 0.25) is 0 Å². The maximum absolute atomic E-state index is 11.3. The van der Waals surface area contributed by atoms with E-state index in [1.165, 1.54) is 31.1 Å². The summed E-state index contributed by atoms with van der Waals surface area (Å²) >= 11 is 0. The molecule has 0 aromatic carbocycles. The smallest absolute Gasteiger partial charge is 0.401 e. The first kappa shape index (κ1) is 8.36. The van der Waals surface area contributed by atoms with Crippen LogP contribution in [-0.2, 0) is 0 Å². The summed E-state index contributed by atoms with van der Waals surface area (Å²) in [5.74, 6) is -0.652. The van der Waals surface area contributed by atoms with E-state index in [9.17, 15) is 4.79 Å². The van der Waals surface area contributed by atoms with Gasteiger partial charge in [-0.1, -0.05) is 0 Å². The Bertz CT molecular complexity index is 413. The minimum atomic E-state index is -0.652. The van der Waals surface area contributed by atoms with E-state index in [-0.39, 0.29) is 11.8 Å². The third-order valence-corrected chi connectivity index (χ3v) is 1.36. The van der Waals surface area contributed by atoms with Gasteiger partial charge in [-0.05, 0) is 0 Å². The number of rotatable bonds is 2. The molecule has 70 valence electrons. The van der Waals surface area contributed by atoms with E-state index in [1.807, 2.05) is 0 Å². The molecule has 0 aliphatic heterocycles. The summed E-state index contributed by atoms with van der Waals surface area (Å²) in [5, 5.41) is 0. The Labute approximate surface area is 78.6 Å². The lowest BCUT2D eigenvalue weighted by atomic mass is 10.5. The first-order valence-corrected chi connectivity index (χ1v) is 3.74. The lowest BCUT2D eigenvalue weighted by Gasteiger charge is -1.96. The molecule has 0 bridgehead atoms. The Balaban J connectivity index is 2.11. The van der Waals surface area contributed by atoms with Gasteiger partial charge >= 0.3 is 12.0 Å². The van der Waals surface area contributed by atoms with Crippen molar-refractivity contribution >= 4 is 5.97 Å². The number of nitrogens with zero attached hydrogens (tertiary/aromatic N) is 3. The van der Waals surface area contributed by atoms with Crippen molar-refractivity contribution in [3.63, 3.8) is 0 Å². The van der Waals surface area contributed by atoms with Crippen LogP contribution in [0.3, 0.4) is 0 Å². The second-order valence-corrected chi connectivity index (χ2v) is 2.28. The highest BCUT2D eigenvalue weighted by molar-refractivity contribution is 5.88. The predicted molar refractivity (Wildman–Crippen MR) is 43.5 cm³/mol. The van der Waals surface area contributed by atoms with Gasteiger partial charge in [0.15, 0.2) is 5.69 Å². The molecule has 0 unspecified atom stereocenters. The summed E-state index contributed by atoms with van der Waals surface area (Å²) in [7, 11) is 0. The first-order valence-electron chi connectivity index (χ1n) is 3.74. The van der Waals surface area contributed by atoms with Crippen LogP contribution in [0.1, 0.15) is 10.5 Å². The van der Waals surface area contributed by atoms with E-state index < -0.39 is 5.97 Å². The zero-order valence-electron chi connectivity index (χ0n) is 6.95. The topological polar surface area (TPSA) is 78.1 Å². The SMILES string of the molecule is O=C(Oc1ncco1)c1cnccn1. The summed E-state index contributed by atoms with van der Waals surface area (Å²) in [6.45, 7) is 0. The van der Waals surface area contributed by atoms with Crippen LogP contribution in [0.4, 0.5) is 0 Å². The van der Waals surface area contributed by atoms with E-state index in [0.717, 1.165) is 0 Å². The summed E-state index contributed by atoms with van der Waals surface area (Å²) in [6.07, 6.45) is 6.72. The zero-order valence-corrected chi connectivity index (χ0v) is 6.95. The molecule has 6 nitrogen and oxygen atoms in total. The van der Waals surface area contributed by atoms with Crippen LogP contribution in [0.15, 0.2) is 35.5 Å². The third-order valence-electron chi connectivity index (χ3n) is 1.36. The molecule has 6 heteroatoms. The minimum Gasteiger partial charge on any atom is -0.417 e. The molecule has 2 rings (SSSR count). The van der Waals surface area contributed by atoms with Gasteiger partial charge in [0.05, 0.1) is 12.4 Å². The molecule has 14 heavy (non-hydrogen) atoms. The van der Waals surface area contributed by atoms with Crippen molar-refractivity contribution in [1.29, 1.82) is 0 Å². The highest BCUT2D eigenvalue weighted by atomic mass is 16.6. The average Bonchev–Trinajstić information content (AvgIpc) is 2.72. The fraction of sp³-hybridized carbons (Fsp3) is 0. The maximum atomic E-state index is 11.3. The molecule has 0 fully saturated rings. The molecule has 0 aliphatic rings. The molecule has 0 aliphatic carbocycles. The molecule has 0 radical (unpaired) electrons. The molecule has 0 spiro atoms. The molecule has 0 saturated carbocycles. The third kappa shape index (κ3) is 1.74. The standard InChI is InChI=1S/C8H5N3O3/c12-7(6-5-9-1-2-10-6)14-8-11-3-4-13-8/h1-5H. The van der Waals surface area contributed by atoms with Gasteiger partial charge in [-0.15, -0.1) is 0 Å². The lowest BCUT2D eigenvalue weighted by molar-refractivity contribution is 0.0676. The van der Waals surface area contributed by atoms with Gasteiger partial charge in [0.25, 0.3) is 0 Å². The minimum absolute atomic E-state index is 0.103. The molecule has 0 amide bonds. The highest BCUT2D eigenvalue weighted by Crippen LogP contribution is 2.06. The number of oxazole rings is 1. The van der Waals surface area contributed by atoms with Crippen molar-refractivity contribution in [1.82, 2.24) is 15.0 Å². The van der Waals surface area contributed by atoms with E-state index in [4.69, 9.17) is 9.15 Å². The maximum Gasteiger partial charge on any atom is 0.401 e. The van der Waals surface area contributed by atoms with Gasteiger partial charge in [-0.3, -0.25) is 4.98 Å². The molecular weight excluding hydrogens is 186 g/mol. The highest BCUT2D eigenvalue weighted by Gasteiger charge is 2.11. The van der Waals surface area contributed by atoms with Gasteiger partial charge in [0.2, 0.25) is 0 Å². The Morgan fingerprint density at radius 3 is 2.86 bits per heavy atom. The van der Waals surface area contributed by atoms with Gasteiger partial charge in [0, 0.05) is 12.4 Å². The monoisotopic (exact) mass is 191 g/mol. The number of hydrogen-bond acceptors (Lipinski definition) is 6. The van der Waals surface area contributed by atoms with E-state index in [2.05, 4.69) is 15.0 Å². The fourth-order valence-electron chi connectivity index (χ4n) is 0.797. The zero-order chi connectivity index (χ0) is 9.80. The average molecular weight is 191 g/mol. The van der Waals surface area contributed by atoms with Gasteiger partial charge in [0.1, 0.15) is 6.26 Å². The number of carbonyl (C=O) groups excluding carboxylic acids is 1. The number of esters is 1. The second-order valence-electron chi connectivity index (χ2n) is 2.28. The van der Waals surface area contributed by atoms with Crippen LogP contribution >= 0.6 is 0 Å². The fourth-order valence-corrected chi connectivity index (χ4v) is 0.797. The predicted octanol–water partition coefficient (Wildman–Crippen LogP) is 0.684. The van der Waals surface area contributed by atoms with Crippen LogP contribution in [0, 0.1) is 0 Å². The van der Waals surface area contributed by atoms with Gasteiger partial charge in [-0.25, -0.2) is 9.78 Å². The Kier molecular flexibility index (Phi) is 2.18. The Morgan fingerprint density at radius 2 is 2.21 bits per heavy atom. The summed E-state index contributed by atoms with van der Waals surface area (Å²) < 4.78 is 9.44. The van der Waals surface area contributed by atoms with Crippen molar-refractivity contribution in [3.05, 3.63) is 36.7 Å². The van der Waals surface area contributed by atoms with Gasteiger partial charge in [-0.2, -0.15) is 4.98 Å². The lowest BCUT2D eigenvalue weighted by Crippen LogP contribution is -2.10. The summed E-state index contributed by atoms with van der Waals surface area (Å²) in [4.78, 5) is 22.4. The first-order chi connectivity index (χ1) is 6.86. The largest absolute Gasteiger partial charge is 0.417 e. The number of carbonyl (C=O) groups is 1. The Hall–Kier alpha value is -2.24.